The highest BCUT2D eigenvalue weighted by molar-refractivity contribution is 4.77. The van der Waals surface area contributed by atoms with Gasteiger partial charge in [-0.3, -0.25) is 0 Å². The summed E-state index contributed by atoms with van der Waals surface area (Å²) in [5, 5.41) is 0. The Morgan fingerprint density at radius 3 is 2.55 bits per heavy atom. The Hall–Kier alpha value is -0.0400. The second-order valence-electron chi connectivity index (χ2n) is 3.78. The fraction of sp³-hybridized carbons (Fsp3) is 1.00. The van der Waals surface area contributed by atoms with Crippen molar-refractivity contribution >= 4 is 0 Å². The highest BCUT2D eigenvalue weighted by atomic mass is 15.1. The Labute approximate surface area is 70.8 Å². The van der Waals surface area contributed by atoms with Crippen LogP contribution in [0.4, 0.5) is 0 Å². The van der Waals surface area contributed by atoms with E-state index in [0.29, 0.717) is 0 Å². The summed E-state index contributed by atoms with van der Waals surface area (Å²) in [6.07, 6.45) is 4.22. The van der Waals surface area contributed by atoms with Gasteiger partial charge in [-0.05, 0) is 38.8 Å². The molecule has 1 heteroatoms. The molecule has 1 fully saturated rings. The van der Waals surface area contributed by atoms with Gasteiger partial charge in [0.1, 0.15) is 0 Å². The Morgan fingerprint density at radius 1 is 1.36 bits per heavy atom. The first-order chi connectivity index (χ1) is 5.27. The summed E-state index contributed by atoms with van der Waals surface area (Å²) in [7, 11) is 0. The molecule has 1 rings (SSSR count). The van der Waals surface area contributed by atoms with Crippen molar-refractivity contribution in [3.8, 4) is 0 Å². The average molecular weight is 155 g/mol. The fourth-order valence-electron chi connectivity index (χ4n) is 2.16. The van der Waals surface area contributed by atoms with Crippen LogP contribution < -0.4 is 0 Å². The molecule has 0 aromatic rings. The molecule has 1 aliphatic heterocycles. The van der Waals surface area contributed by atoms with Gasteiger partial charge in [-0.15, -0.1) is 0 Å². The van der Waals surface area contributed by atoms with Gasteiger partial charge in [-0.1, -0.05) is 20.3 Å². The van der Waals surface area contributed by atoms with Crippen molar-refractivity contribution < 1.29 is 0 Å². The van der Waals surface area contributed by atoms with Crippen molar-refractivity contribution in [2.45, 2.75) is 46.1 Å². The second kappa shape index (κ2) is 4.10. The van der Waals surface area contributed by atoms with Gasteiger partial charge < -0.3 is 4.90 Å². The van der Waals surface area contributed by atoms with Crippen LogP contribution in [0.1, 0.15) is 40.0 Å². The highest BCUT2D eigenvalue weighted by Gasteiger charge is 2.22. The molecule has 11 heavy (non-hydrogen) atoms. The summed E-state index contributed by atoms with van der Waals surface area (Å²) in [4.78, 5) is 2.59. The molecule has 0 radical (unpaired) electrons. The Kier molecular flexibility index (Phi) is 3.38. The molecule has 0 amide bonds. The summed E-state index contributed by atoms with van der Waals surface area (Å²) >= 11 is 0. The Balaban J connectivity index is 2.34. The maximum Gasteiger partial charge on any atom is 0.00694 e. The van der Waals surface area contributed by atoms with Crippen molar-refractivity contribution in [2.24, 2.45) is 5.92 Å². The predicted molar refractivity (Wildman–Crippen MR) is 49.7 cm³/mol. The maximum absolute atomic E-state index is 2.59. The molecular weight excluding hydrogens is 134 g/mol. The number of piperidine rings is 1. The summed E-state index contributed by atoms with van der Waals surface area (Å²) in [5.41, 5.74) is 0. The monoisotopic (exact) mass is 155 g/mol. The largest absolute Gasteiger partial charge is 0.301 e. The normalized spacial score (nSPS) is 34.1. The average Bonchev–Trinajstić information content (AvgIpc) is 2.04. The summed E-state index contributed by atoms with van der Waals surface area (Å²) < 4.78 is 0. The zero-order valence-electron chi connectivity index (χ0n) is 8.14. The lowest BCUT2D eigenvalue weighted by atomic mass is 9.90. The zero-order chi connectivity index (χ0) is 8.27. The van der Waals surface area contributed by atoms with Gasteiger partial charge in [0.15, 0.2) is 0 Å². The number of hydrogen-bond acceptors (Lipinski definition) is 1. The summed E-state index contributed by atoms with van der Waals surface area (Å²) in [6.45, 7) is 9.51. The molecule has 2 atom stereocenters. The highest BCUT2D eigenvalue weighted by Crippen LogP contribution is 2.24. The lowest BCUT2D eigenvalue weighted by molar-refractivity contribution is 0.128. The van der Waals surface area contributed by atoms with Crippen molar-refractivity contribution in [2.75, 3.05) is 13.1 Å². The maximum atomic E-state index is 2.59. The molecule has 0 spiro atoms. The van der Waals surface area contributed by atoms with Crippen LogP contribution >= 0.6 is 0 Å². The standard InChI is InChI=1S/C10H21N/c1-4-10-6-7-11(5-2)9(3)8-10/h9-10H,4-8H2,1-3H3. The van der Waals surface area contributed by atoms with Crippen molar-refractivity contribution in [3.63, 3.8) is 0 Å². The quantitative estimate of drug-likeness (QED) is 0.592. The van der Waals surface area contributed by atoms with Crippen LogP contribution in [0.5, 0.6) is 0 Å². The van der Waals surface area contributed by atoms with E-state index in [1.54, 1.807) is 0 Å². The van der Waals surface area contributed by atoms with Gasteiger partial charge in [-0.25, -0.2) is 0 Å². The van der Waals surface area contributed by atoms with Crippen LogP contribution in [-0.4, -0.2) is 24.0 Å². The van der Waals surface area contributed by atoms with E-state index >= 15 is 0 Å². The minimum atomic E-state index is 0.832. The first kappa shape index (κ1) is 9.05. The third-order valence-electron chi connectivity index (χ3n) is 3.11. The Morgan fingerprint density at radius 2 is 2.09 bits per heavy atom. The van der Waals surface area contributed by atoms with Crippen molar-refractivity contribution in [1.29, 1.82) is 0 Å². The second-order valence-corrected chi connectivity index (χ2v) is 3.78. The van der Waals surface area contributed by atoms with Gasteiger partial charge in [-0.2, -0.15) is 0 Å². The van der Waals surface area contributed by atoms with Crippen LogP contribution in [0.25, 0.3) is 0 Å². The molecule has 0 aromatic heterocycles. The van der Waals surface area contributed by atoms with E-state index in [4.69, 9.17) is 0 Å². The first-order valence-corrected chi connectivity index (χ1v) is 5.02. The van der Waals surface area contributed by atoms with E-state index in [0.717, 1.165) is 12.0 Å². The van der Waals surface area contributed by atoms with E-state index in [1.807, 2.05) is 0 Å². The van der Waals surface area contributed by atoms with Gasteiger partial charge in [0.2, 0.25) is 0 Å². The molecule has 1 aliphatic rings. The smallest absolute Gasteiger partial charge is 0.00694 e. The topological polar surface area (TPSA) is 3.24 Å². The molecule has 66 valence electrons. The minimum Gasteiger partial charge on any atom is -0.301 e. The number of rotatable bonds is 2. The van der Waals surface area contributed by atoms with Crippen molar-refractivity contribution in [1.82, 2.24) is 4.90 Å². The molecule has 0 bridgehead atoms. The molecule has 1 nitrogen and oxygen atoms in total. The number of likely N-dealkylation sites (tertiary alicyclic amines) is 1. The molecule has 1 saturated heterocycles. The number of hydrogen-bond donors (Lipinski definition) is 0. The van der Waals surface area contributed by atoms with Crippen molar-refractivity contribution in [3.05, 3.63) is 0 Å². The van der Waals surface area contributed by atoms with Gasteiger partial charge in [0, 0.05) is 6.04 Å². The molecule has 2 unspecified atom stereocenters. The third-order valence-corrected chi connectivity index (χ3v) is 3.11. The lowest BCUT2D eigenvalue weighted by Crippen LogP contribution is -2.40. The molecule has 0 saturated carbocycles. The van der Waals surface area contributed by atoms with Gasteiger partial charge in [0.25, 0.3) is 0 Å². The van der Waals surface area contributed by atoms with E-state index < -0.39 is 0 Å². The number of nitrogens with zero attached hydrogens (tertiary/aromatic N) is 1. The lowest BCUT2D eigenvalue weighted by Gasteiger charge is -2.36. The van der Waals surface area contributed by atoms with E-state index in [-0.39, 0.29) is 0 Å². The van der Waals surface area contributed by atoms with E-state index in [1.165, 1.54) is 32.4 Å². The van der Waals surface area contributed by atoms with E-state index in [2.05, 4.69) is 25.7 Å². The predicted octanol–water partition coefficient (Wildman–Crippen LogP) is 2.52. The fourth-order valence-corrected chi connectivity index (χ4v) is 2.16. The molecule has 1 heterocycles. The van der Waals surface area contributed by atoms with Crippen LogP contribution in [0.3, 0.4) is 0 Å². The molecular formula is C10H21N. The molecule has 0 N–H and O–H groups in total. The Bertz CT molecular complexity index is 111. The van der Waals surface area contributed by atoms with E-state index in [9.17, 15) is 0 Å². The molecule has 0 aromatic carbocycles. The summed E-state index contributed by atoms with van der Waals surface area (Å²) in [5.74, 6) is 1.01. The first-order valence-electron chi connectivity index (χ1n) is 5.02. The SMILES string of the molecule is CCC1CCN(CC)C(C)C1. The van der Waals surface area contributed by atoms with Crippen LogP contribution in [0.2, 0.25) is 0 Å². The minimum absolute atomic E-state index is 0.832. The molecule has 0 aliphatic carbocycles. The van der Waals surface area contributed by atoms with Crippen LogP contribution in [0.15, 0.2) is 0 Å². The van der Waals surface area contributed by atoms with Gasteiger partial charge >= 0.3 is 0 Å². The van der Waals surface area contributed by atoms with Crippen LogP contribution in [-0.2, 0) is 0 Å². The summed E-state index contributed by atoms with van der Waals surface area (Å²) in [6, 6.07) is 0.832. The van der Waals surface area contributed by atoms with Crippen LogP contribution in [0, 0.1) is 5.92 Å². The zero-order valence-corrected chi connectivity index (χ0v) is 8.14. The third kappa shape index (κ3) is 2.19. The van der Waals surface area contributed by atoms with Gasteiger partial charge in [0.05, 0.1) is 0 Å².